The first-order valence-electron chi connectivity index (χ1n) is 7.15. The molecule has 0 saturated heterocycles. The summed E-state index contributed by atoms with van der Waals surface area (Å²) in [5.41, 5.74) is 2.66. The lowest BCUT2D eigenvalue weighted by molar-refractivity contribution is -0.384. The molecule has 0 saturated carbocycles. The predicted molar refractivity (Wildman–Crippen MR) is 87.9 cm³/mol. The van der Waals surface area contributed by atoms with Crippen LogP contribution in [0.5, 0.6) is 0 Å². The van der Waals surface area contributed by atoms with Gasteiger partial charge in [0.25, 0.3) is 11.6 Å². The lowest BCUT2D eigenvalue weighted by Crippen LogP contribution is -2.21. The van der Waals surface area contributed by atoms with Gasteiger partial charge in [-0.1, -0.05) is 6.07 Å². The van der Waals surface area contributed by atoms with Crippen molar-refractivity contribution in [1.29, 1.82) is 0 Å². The zero-order chi connectivity index (χ0) is 17.7. The second-order valence-electron chi connectivity index (χ2n) is 5.30. The second-order valence-corrected chi connectivity index (χ2v) is 5.30. The van der Waals surface area contributed by atoms with E-state index in [4.69, 9.17) is 4.74 Å². The fourth-order valence-corrected chi connectivity index (χ4v) is 2.18. The van der Waals surface area contributed by atoms with Crippen molar-refractivity contribution in [2.24, 2.45) is 0 Å². The predicted octanol–water partition coefficient (Wildman–Crippen LogP) is 3.01. The Kier molecular flexibility index (Phi) is 5.26. The van der Waals surface area contributed by atoms with Gasteiger partial charge in [-0.05, 0) is 49.2 Å². The molecule has 0 heterocycles. The van der Waals surface area contributed by atoms with Crippen molar-refractivity contribution in [2.45, 2.75) is 13.8 Å². The zero-order valence-electron chi connectivity index (χ0n) is 13.2. The normalized spacial score (nSPS) is 10.1. The number of esters is 1. The van der Waals surface area contributed by atoms with Gasteiger partial charge < -0.3 is 10.1 Å². The number of non-ortho nitro benzene ring substituents is 1. The molecule has 0 fully saturated rings. The summed E-state index contributed by atoms with van der Waals surface area (Å²) in [4.78, 5) is 33.6. The van der Waals surface area contributed by atoms with Crippen molar-refractivity contribution >= 4 is 23.3 Å². The maximum absolute atomic E-state index is 11.8. The van der Waals surface area contributed by atoms with Crippen molar-refractivity contribution in [2.75, 3.05) is 11.9 Å². The molecule has 0 atom stereocenters. The topological polar surface area (TPSA) is 98.5 Å². The summed E-state index contributed by atoms with van der Waals surface area (Å²) in [5, 5.41) is 13.2. The SMILES string of the molecule is Cc1cc(C)cc(NC(=O)COC(=O)c2ccc([N+](=O)[O-])cc2)c1. The Hall–Kier alpha value is -3.22. The van der Waals surface area contributed by atoms with E-state index < -0.39 is 23.4 Å². The molecular formula is C17H16N2O5. The maximum atomic E-state index is 11.8. The summed E-state index contributed by atoms with van der Waals surface area (Å²) >= 11 is 0. The summed E-state index contributed by atoms with van der Waals surface area (Å²) in [5.74, 6) is -1.18. The minimum atomic E-state index is -0.722. The van der Waals surface area contributed by atoms with Crippen LogP contribution in [-0.4, -0.2) is 23.4 Å². The molecule has 2 aromatic rings. The molecule has 7 nitrogen and oxygen atoms in total. The number of benzene rings is 2. The molecule has 1 N–H and O–H groups in total. The highest BCUT2D eigenvalue weighted by Crippen LogP contribution is 2.14. The molecule has 2 rings (SSSR count). The average Bonchev–Trinajstić information content (AvgIpc) is 2.51. The molecule has 0 bridgehead atoms. The van der Waals surface area contributed by atoms with Crippen LogP contribution in [-0.2, 0) is 9.53 Å². The van der Waals surface area contributed by atoms with E-state index in [2.05, 4.69) is 5.32 Å². The fraction of sp³-hybridized carbons (Fsp3) is 0.176. The number of carbonyl (C=O) groups excluding carboxylic acids is 2. The highest BCUT2D eigenvalue weighted by atomic mass is 16.6. The molecule has 2 aromatic carbocycles. The third-order valence-corrected chi connectivity index (χ3v) is 3.15. The monoisotopic (exact) mass is 328 g/mol. The minimum absolute atomic E-state index is 0.126. The van der Waals surface area contributed by atoms with Crippen LogP contribution in [0, 0.1) is 24.0 Å². The lowest BCUT2D eigenvalue weighted by Gasteiger charge is -2.08. The Balaban J connectivity index is 1.91. The Morgan fingerprint density at radius 1 is 1.08 bits per heavy atom. The molecule has 0 unspecified atom stereocenters. The number of nitro groups is 1. The van der Waals surface area contributed by atoms with Gasteiger partial charge in [0.05, 0.1) is 10.5 Å². The molecule has 7 heteroatoms. The molecule has 0 spiro atoms. The summed E-state index contributed by atoms with van der Waals surface area (Å²) < 4.78 is 4.90. The van der Waals surface area contributed by atoms with E-state index in [0.717, 1.165) is 11.1 Å². The van der Waals surface area contributed by atoms with Crippen molar-refractivity contribution in [3.05, 3.63) is 69.3 Å². The van der Waals surface area contributed by atoms with E-state index in [9.17, 15) is 19.7 Å². The van der Waals surface area contributed by atoms with Crippen molar-refractivity contribution < 1.29 is 19.2 Å². The zero-order valence-corrected chi connectivity index (χ0v) is 13.2. The van der Waals surface area contributed by atoms with Gasteiger partial charge in [-0.15, -0.1) is 0 Å². The summed E-state index contributed by atoms with van der Waals surface area (Å²) in [6.45, 7) is 3.39. The Labute approximate surface area is 138 Å². The van der Waals surface area contributed by atoms with Gasteiger partial charge >= 0.3 is 5.97 Å². The Morgan fingerprint density at radius 3 is 2.21 bits per heavy atom. The first-order chi connectivity index (χ1) is 11.3. The van der Waals surface area contributed by atoms with Crippen LogP contribution in [0.2, 0.25) is 0 Å². The number of ether oxygens (including phenoxy) is 1. The van der Waals surface area contributed by atoms with Gasteiger partial charge in [-0.3, -0.25) is 14.9 Å². The second kappa shape index (κ2) is 7.36. The van der Waals surface area contributed by atoms with E-state index >= 15 is 0 Å². The summed E-state index contributed by atoms with van der Waals surface area (Å²) in [6, 6.07) is 10.6. The molecule has 0 aliphatic carbocycles. The number of aryl methyl sites for hydroxylation is 2. The van der Waals surface area contributed by atoms with E-state index in [-0.39, 0.29) is 11.3 Å². The molecule has 0 aliphatic rings. The number of carbonyl (C=O) groups is 2. The third kappa shape index (κ3) is 4.64. The summed E-state index contributed by atoms with van der Waals surface area (Å²) in [6.07, 6.45) is 0. The highest BCUT2D eigenvalue weighted by molar-refractivity contribution is 5.95. The van der Waals surface area contributed by atoms with Crippen LogP contribution < -0.4 is 5.32 Å². The third-order valence-electron chi connectivity index (χ3n) is 3.15. The fourth-order valence-electron chi connectivity index (χ4n) is 2.18. The number of nitrogens with one attached hydrogen (secondary N) is 1. The van der Waals surface area contributed by atoms with Crippen molar-refractivity contribution in [3.8, 4) is 0 Å². The maximum Gasteiger partial charge on any atom is 0.338 e. The first kappa shape index (κ1) is 17.1. The highest BCUT2D eigenvalue weighted by Gasteiger charge is 2.12. The molecule has 24 heavy (non-hydrogen) atoms. The van der Waals surface area contributed by atoms with Gasteiger partial charge in [-0.25, -0.2) is 4.79 Å². The minimum Gasteiger partial charge on any atom is -0.452 e. The van der Waals surface area contributed by atoms with Gasteiger partial charge in [0.15, 0.2) is 6.61 Å². The van der Waals surface area contributed by atoms with Crippen LogP contribution in [0.15, 0.2) is 42.5 Å². The standard InChI is InChI=1S/C17H16N2O5/c1-11-7-12(2)9-14(8-11)18-16(20)10-24-17(21)13-3-5-15(6-4-13)19(22)23/h3-9H,10H2,1-2H3,(H,18,20). The molecule has 1 amide bonds. The van der Waals surface area contributed by atoms with Crippen LogP contribution in [0.4, 0.5) is 11.4 Å². The van der Waals surface area contributed by atoms with E-state index in [1.54, 1.807) is 0 Å². The van der Waals surface area contributed by atoms with Crippen LogP contribution in [0.3, 0.4) is 0 Å². The number of nitro benzene ring substituents is 1. The number of rotatable bonds is 5. The largest absolute Gasteiger partial charge is 0.452 e. The van der Waals surface area contributed by atoms with Gasteiger partial charge in [0.1, 0.15) is 0 Å². The molecule has 0 aromatic heterocycles. The van der Waals surface area contributed by atoms with Crippen molar-refractivity contribution in [1.82, 2.24) is 0 Å². The number of amides is 1. The van der Waals surface area contributed by atoms with Crippen LogP contribution in [0.25, 0.3) is 0 Å². The van der Waals surface area contributed by atoms with E-state index in [1.807, 2.05) is 32.0 Å². The number of hydrogen-bond acceptors (Lipinski definition) is 5. The van der Waals surface area contributed by atoms with E-state index in [1.165, 1.54) is 24.3 Å². The number of hydrogen-bond donors (Lipinski definition) is 1. The summed E-state index contributed by atoms with van der Waals surface area (Å²) in [7, 11) is 0. The Morgan fingerprint density at radius 2 is 1.67 bits per heavy atom. The van der Waals surface area contributed by atoms with E-state index in [0.29, 0.717) is 5.69 Å². The molecule has 0 aliphatic heterocycles. The number of nitrogens with zero attached hydrogens (tertiary/aromatic N) is 1. The quantitative estimate of drug-likeness (QED) is 0.517. The molecule has 124 valence electrons. The molecule has 0 radical (unpaired) electrons. The van der Waals surface area contributed by atoms with Gasteiger partial charge in [0.2, 0.25) is 0 Å². The number of anilines is 1. The van der Waals surface area contributed by atoms with Gasteiger partial charge in [0, 0.05) is 17.8 Å². The van der Waals surface area contributed by atoms with Crippen molar-refractivity contribution in [3.63, 3.8) is 0 Å². The Bertz CT molecular complexity index is 764. The van der Waals surface area contributed by atoms with Crippen LogP contribution >= 0.6 is 0 Å². The van der Waals surface area contributed by atoms with Gasteiger partial charge in [-0.2, -0.15) is 0 Å². The average molecular weight is 328 g/mol. The molecular weight excluding hydrogens is 312 g/mol. The van der Waals surface area contributed by atoms with Crippen LogP contribution in [0.1, 0.15) is 21.5 Å². The first-order valence-corrected chi connectivity index (χ1v) is 7.15. The smallest absolute Gasteiger partial charge is 0.338 e. The lowest BCUT2D eigenvalue weighted by atomic mass is 10.1.